The van der Waals surface area contributed by atoms with Crippen LogP contribution in [0.2, 0.25) is 0 Å². The number of hydrogen-bond donors (Lipinski definition) is 1. The van der Waals surface area contributed by atoms with Crippen LogP contribution in [0.5, 0.6) is 5.75 Å². The summed E-state index contributed by atoms with van der Waals surface area (Å²) >= 11 is 1.86. The molecule has 0 atom stereocenters. The summed E-state index contributed by atoms with van der Waals surface area (Å²) in [7, 11) is 1.95. The van der Waals surface area contributed by atoms with E-state index >= 15 is 0 Å². The molecule has 84 valence electrons. The van der Waals surface area contributed by atoms with E-state index in [-0.39, 0.29) is 0 Å². The van der Waals surface area contributed by atoms with Crippen molar-refractivity contribution in [3.05, 3.63) is 29.8 Å². The van der Waals surface area contributed by atoms with Gasteiger partial charge in [-0.15, -0.1) is 0 Å². The Hall–Kier alpha value is -0.670. The summed E-state index contributed by atoms with van der Waals surface area (Å²) in [4.78, 5) is 0. The first-order chi connectivity index (χ1) is 7.38. The lowest BCUT2D eigenvalue weighted by Gasteiger charge is -2.10. The third kappa shape index (κ3) is 4.58. The molecule has 0 unspecified atom stereocenters. The SMILES string of the molecule is CNCc1ccccc1OCCCSC. The lowest BCUT2D eigenvalue weighted by Crippen LogP contribution is -2.08. The molecule has 0 spiro atoms. The van der Waals surface area contributed by atoms with Crippen LogP contribution >= 0.6 is 11.8 Å². The zero-order valence-electron chi connectivity index (χ0n) is 9.45. The Morgan fingerprint density at radius 3 is 2.87 bits per heavy atom. The summed E-state index contributed by atoms with van der Waals surface area (Å²) in [5.74, 6) is 2.17. The molecule has 3 heteroatoms. The molecule has 0 fully saturated rings. The second kappa shape index (κ2) is 7.60. The zero-order chi connectivity index (χ0) is 10.9. The van der Waals surface area contributed by atoms with Crippen LogP contribution in [-0.4, -0.2) is 25.7 Å². The lowest BCUT2D eigenvalue weighted by molar-refractivity contribution is 0.315. The topological polar surface area (TPSA) is 21.3 Å². The largest absolute Gasteiger partial charge is 0.493 e. The van der Waals surface area contributed by atoms with Crippen molar-refractivity contribution in [2.24, 2.45) is 0 Å². The molecule has 0 aliphatic rings. The number of ether oxygens (including phenoxy) is 1. The van der Waals surface area contributed by atoms with Gasteiger partial charge in [0.05, 0.1) is 6.61 Å². The maximum Gasteiger partial charge on any atom is 0.123 e. The average Bonchev–Trinajstić information content (AvgIpc) is 2.27. The highest BCUT2D eigenvalue weighted by atomic mass is 32.2. The van der Waals surface area contributed by atoms with Crippen LogP contribution in [0.15, 0.2) is 24.3 Å². The van der Waals surface area contributed by atoms with Gasteiger partial charge in [0.15, 0.2) is 0 Å². The highest BCUT2D eigenvalue weighted by molar-refractivity contribution is 7.98. The van der Waals surface area contributed by atoms with Gasteiger partial charge in [0.25, 0.3) is 0 Å². The maximum absolute atomic E-state index is 5.74. The van der Waals surface area contributed by atoms with E-state index in [1.807, 2.05) is 37.0 Å². The summed E-state index contributed by atoms with van der Waals surface area (Å²) in [5, 5.41) is 3.14. The number of rotatable bonds is 7. The van der Waals surface area contributed by atoms with E-state index in [1.54, 1.807) is 0 Å². The fraction of sp³-hybridized carbons (Fsp3) is 0.500. The molecule has 1 aromatic rings. The molecule has 0 saturated heterocycles. The number of nitrogens with one attached hydrogen (secondary N) is 1. The van der Waals surface area contributed by atoms with Gasteiger partial charge in [0.1, 0.15) is 5.75 Å². The molecule has 1 rings (SSSR count). The second-order valence-corrected chi connectivity index (χ2v) is 4.32. The Bertz CT molecular complexity index is 278. The molecule has 1 N–H and O–H groups in total. The van der Waals surface area contributed by atoms with E-state index in [0.29, 0.717) is 0 Å². The standard InChI is InChI=1S/C12H19NOS/c1-13-10-11-6-3-4-7-12(11)14-8-5-9-15-2/h3-4,6-7,13H,5,8-10H2,1-2H3. The second-order valence-electron chi connectivity index (χ2n) is 3.33. The Morgan fingerprint density at radius 1 is 1.33 bits per heavy atom. The molecular formula is C12H19NOS. The predicted octanol–water partition coefficient (Wildman–Crippen LogP) is 2.54. The molecule has 0 radical (unpaired) electrons. The first kappa shape index (κ1) is 12.4. The van der Waals surface area contributed by atoms with Gasteiger partial charge in [-0.05, 0) is 31.5 Å². The number of thioether (sulfide) groups is 1. The normalized spacial score (nSPS) is 10.3. The van der Waals surface area contributed by atoms with E-state index in [9.17, 15) is 0 Å². The van der Waals surface area contributed by atoms with Crippen molar-refractivity contribution in [3.63, 3.8) is 0 Å². The van der Waals surface area contributed by atoms with Gasteiger partial charge < -0.3 is 10.1 Å². The third-order valence-corrected chi connectivity index (χ3v) is 2.79. The summed E-state index contributed by atoms with van der Waals surface area (Å²) < 4.78 is 5.74. The number of benzene rings is 1. The summed E-state index contributed by atoms with van der Waals surface area (Å²) in [6, 6.07) is 8.19. The molecule has 0 aliphatic heterocycles. The quantitative estimate of drug-likeness (QED) is 0.721. The minimum absolute atomic E-state index is 0.807. The maximum atomic E-state index is 5.74. The van der Waals surface area contributed by atoms with Crippen molar-refractivity contribution < 1.29 is 4.74 Å². The van der Waals surface area contributed by atoms with Crippen LogP contribution in [0.3, 0.4) is 0 Å². The van der Waals surface area contributed by atoms with Gasteiger partial charge in [0, 0.05) is 12.1 Å². The highest BCUT2D eigenvalue weighted by Crippen LogP contribution is 2.17. The van der Waals surface area contributed by atoms with Gasteiger partial charge in [-0.1, -0.05) is 18.2 Å². The minimum Gasteiger partial charge on any atom is -0.493 e. The predicted molar refractivity (Wildman–Crippen MR) is 67.7 cm³/mol. The van der Waals surface area contributed by atoms with Gasteiger partial charge >= 0.3 is 0 Å². The molecule has 0 aromatic heterocycles. The van der Waals surface area contributed by atoms with Crippen LogP contribution in [0.1, 0.15) is 12.0 Å². The van der Waals surface area contributed by atoms with Gasteiger partial charge in [-0.25, -0.2) is 0 Å². The van der Waals surface area contributed by atoms with Crippen molar-refractivity contribution >= 4 is 11.8 Å². The zero-order valence-corrected chi connectivity index (χ0v) is 10.3. The van der Waals surface area contributed by atoms with Crippen LogP contribution in [0.4, 0.5) is 0 Å². The molecule has 0 saturated carbocycles. The molecule has 0 heterocycles. The van der Waals surface area contributed by atoms with E-state index in [0.717, 1.165) is 31.1 Å². The van der Waals surface area contributed by atoms with Crippen molar-refractivity contribution in [3.8, 4) is 5.75 Å². The number of para-hydroxylation sites is 1. The summed E-state index contributed by atoms with van der Waals surface area (Å²) in [6.07, 6.45) is 3.23. The smallest absolute Gasteiger partial charge is 0.123 e. The molecular weight excluding hydrogens is 206 g/mol. The monoisotopic (exact) mass is 225 g/mol. The van der Waals surface area contributed by atoms with E-state index in [2.05, 4.69) is 17.6 Å². The van der Waals surface area contributed by atoms with Gasteiger partial charge in [0.2, 0.25) is 0 Å². The molecule has 0 aliphatic carbocycles. The lowest BCUT2D eigenvalue weighted by atomic mass is 10.2. The Balaban J connectivity index is 2.44. The van der Waals surface area contributed by atoms with E-state index < -0.39 is 0 Å². The number of hydrogen-bond acceptors (Lipinski definition) is 3. The van der Waals surface area contributed by atoms with Crippen molar-refractivity contribution in [2.45, 2.75) is 13.0 Å². The first-order valence-electron chi connectivity index (χ1n) is 5.22. The third-order valence-electron chi connectivity index (χ3n) is 2.09. The molecule has 0 amide bonds. The van der Waals surface area contributed by atoms with Gasteiger partial charge in [-0.3, -0.25) is 0 Å². The Kier molecular flexibility index (Phi) is 6.28. The van der Waals surface area contributed by atoms with E-state index in [1.165, 1.54) is 5.56 Å². The first-order valence-corrected chi connectivity index (χ1v) is 6.62. The van der Waals surface area contributed by atoms with Crippen molar-refractivity contribution in [1.82, 2.24) is 5.32 Å². The average molecular weight is 225 g/mol. The van der Waals surface area contributed by atoms with Crippen LogP contribution < -0.4 is 10.1 Å². The fourth-order valence-corrected chi connectivity index (χ4v) is 1.77. The molecule has 2 nitrogen and oxygen atoms in total. The minimum atomic E-state index is 0.807. The van der Waals surface area contributed by atoms with Crippen LogP contribution in [-0.2, 0) is 6.54 Å². The molecule has 0 bridgehead atoms. The summed E-state index contributed by atoms with van der Waals surface area (Å²) in [5.41, 5.74) is 1.23. The van der Waals surface area contributed by atoms with Crippen molar-refractivity contribution in [2.75, 3.05) is 25.7 Å². The van der Waals surface area contributed by atoms with Crippen molar-refractivity contribution in [1.29, 1.82) is 0 Å². The fourth-order valence-electron chi connectivity index (χ4n) is 1.37. The molecule has 15 heavy (non-hydrogen) atoms. The van der Waals surface area contributed by atoms with Gasteiger partial charge in [-0.2, -0.15) is 11.8 Å². The Morgan fingerprint density at radius 2 is 2.13 bits per heavy atom. The molecule has 1 aromatic carbocycles. The highest BCUT2D eigenvalue weighted by Gasteiger charge is 2.00. The summed E-state index contributed by atoms with van der Waals surface area (Å²) in [6.45, 7) is 1.67. The van der Waals surface area contributed by atoms with Crippen LogP contribution in [0, 0.1) is 0 Å². The van der Waals surface area contributed by atoms with E-state index in [4.69, 9.17) is 4.74 Å². The Labute approximate surface area is 96.4 Å². The van der Waals surface area contributed by atoms with Crippen LogP contribution in [0.25, 0.3) is 0 Å².